The Morgan fingerprint density at radius 3 is 2.60 bits per heavy atom. The van der Waals surface area contributed by atoms with Crippen molar-refractivity contribution in [2.75, 3.05) is 0 Å². The molecule has 1 aromatic heterocycles. The molecule has 1 heterocycles. The van der Waals surface area contributed by atoms with Crippen LogP contribution in [0.5, 0.6) is 0 Å². The van der Waals surface area contributed by atoms with Crippen LogP contribution in [0, 0.1) is 0 Å². The van der Waals surface area contributed by atoms with Gasteiger partial charge < -0.3 is 0 Å². The summed E-state index contributed by atoms with van der Waals surface area (Å²) in [5, 5.41) is 9.32. The standard InChI is InChI=1S/C12H22N2S/c1-3-5-6-7-8-9-11(4-2)12-14-13-10-15-12/h10-11H,3-9H2,1-2H3. The second kappa shape index (κ2) is 7.80. The lowest BCUT2D eigenvalue weighted by atomic mass is 9.99. The van der Waals surface area contributed by atoms with Gasteiger partial charge in [0.25, 0.3) is 0 Å². The second-order valence-electron chi connectivity index (χ2n) is 4.09. The third kappa shape index (κ3) is 4.74. The zero-order valence-corrected chi connectivity index (χ0v) is 10.7. The van der Waals surface area contributed by atoms with Crippen LogP contribution in [-0.4, -0.2) is 10.2 Å². The highest BCUT2D eigenvalue weighted by Gasteiger charge is 2.11. The third-order valence-corrected chi connectivity index (χ3v) is 3.73. The van der Waals surface area contributed by atoms with E-state index in [2.05, 4.69) is 24.0 Å². The monoisotopic (exact) mass is 226 g/mol. The molecule has 2 nitrogen and oxygen atoms in total. The number of hydrogen-bond donors (Lipinski definition) is 0. The van der Waals surface area contributed by atoms with Crippen molar-refractivity contribution in [2.24, 2.45) is 0 Å². The molecule has 0 radical (unpaired) electrons. The van der Waals surface area contributed by atoms with E-state index >= 15 is 0 Å². The van der Waals surface area contributed by atoms with Crippen LogP contribution in [0.3, 0.4) is 0 Å². The van der Waals surface area contributed by atoms with E-state index in [1.165, 1.54) is 50.0 Å². The van der Waals surface area contributed by atoms with E-state index in [1.54, 1.807) is 11.3 Å². The molecule has 0 amide bonds. The van der Waals surface area contributed by atoms with Crippen molar-refractivity contribution in [3.05, 3.63) is 10.5 Å². The predicted octanol–water partition coefficient (Wildman–Crippen LogP) is 4.39. The minimum Gasteiger partial charge on any atom is -0.147 e. The number of rotatable bonds is 8. The summed E-state index contributed by atoms with van der Waals surface area (Å²) in [4.78, 5) is 0. The van der Waals surface area contributed by atoms with Crippen molar-refractivity contribution in [1.82, 2.24) is 10.2 Å². The maximum Gasteiger partial charge on any atom is 0.120 e. The zero-order valence-electron chi connectivity index (χ0n) is 9.91. The fraction of sp³-hybridized carbons (Fsp3) is 0.833. The molecule has 0 fully saturated rings. The molecule has 0 N–H and O–H groups in total. The Morgan fingerprint density at radius 1 is 1.20 bits per heavy atom. The van der Waals surface area contributed by atoms with Gasteiger partial charge >= 0.3 is 0 Å². The van der Waals surface area contributed by atoms with Crippen molar-refractivity contribution < 1.29 is 0 Å². The Morgan fingerprint density at radius 2 is 2.00 bits per heavy atom. The first-order chi connectivity index (χ1) is 7.38. The highest BCUT2D eigenvalue weighted by Crippen LogP contribution is 2.26. The van der Waals surface area contributed by atoms with E-state index in [1.807, 2.05) is 5.51 Å². The first kappa shape index (κ1) is 12.6. The van der Waals surface area contributed by atoms with Crippen LogP contribution in [0.25, 0.3) is 0 Å². The normalized spacial score (nSPS) is 12.9. The van der Waals surface area contributed by atoms with Crippen LogP contribution < -0.4 is 0 Å². The molecule has 15 heavy (non-hydrogen) atoms. The van der Waals surface area contributed by atoms with Crippen LogP contribution >= 0.6 is 11.3 Å². The van der Waals surface area contributed by atoms with Crippen LogP contribution in [0.2, 0.25) is 0 Å². The zero-order chi connectivity index (χ0) is 10.9. The number of aromatic nitrogens is 2. The third-order valence-electron chi connectivity index (χ3n) is 2.88. The highest BCUT2D eigenvalue weighted by atomic mass is 32.1. The highest BCUT2D eigenvalue weighted by molar-refractivity contribution is 7.09. The number of unbranched alkanes of at least 4 members (excludes halogenated alkanes) is 4. The second-order valence-corrected chi connectivity index (χ2v) is 4.95. The molecule has 3 heteroatoms. The fourth-order valence-electron chi connectivity index (χ4n) is 1.86. The minimum atomic E-state index is 0.652. The molecular formula is C12H22N2S. The average Bonchev–Trinajstić information content (AvgIpc) is 2.77. The molecule has 0 spiro atoms. The molecule has 1 unspecified atom stereocenters. The van der Waals surface area contributed by atoms with Gasteiger partial charge in [-0.05, 0) is 12.8 Å². The van der Waals surface area contributed by atoms with E-state index in [-0.39, 0.29) is 0 Å². The molecule has 0 aromatic carbocycles. The predicted molar refractivity (Wildman–Crippen MR) is 66.3 cm³/mol. The summed E-state index contributed by atoms with van der Waals surface area (Å²) in [5.74, 6) is 0.652. The van der Waals surface area contributed by atoms with Crippen molar-refractivity contribution in [1.29, 1.82) is 0 Å². The van der Waals surface area contributed by atoms with Gasteiger partial charge in [0.05, 0.1) is 0 Å². The van der Waals surface area contributed by atoms with E-state index in [0.717, 1.165) is 0 Å². The van der Waals surface area contributed by atoms with Crippen LogP contribution in [0.1, 0.15) is 69.7 Å². The summed E-state index contributed by atoms with van der Waals surface area (Å²) in [6.45, 7) is 4.51. The average molecular weight is 226 g/mol. The smallest absolute Gasteiger partial charge is 0.120 e. The van der Waals surface area contributed by atoms with Gasteiger partial charge in [0.1, 0.15) is 10.5 Å². The molecule has 1 atom stereocenters. The quantitative estimate of drug-likeness (QED) is 0.614. The molecule has 0 aliphatic heterocycles. The lowest BCUT2D eigenvalue weighted by molar-refractivity contribution is 0.531. The first-order valence-electron chi connectivity index (χ1n) is 6.14. The Balaban J connectivity index is 2.18. The molecule has 0 saturated carbocycles. The van der Waals surface area contributed by atoms with Crippen LogP contribution in [0.15, 0.2) is 5.51 Å². The van der Waals surface area contributed by atoms with Gasteiger partial charge in [-0.3, -0.25) is 0 Å². The van der Waals surface area contributed by atoms with E-state index < -0.39 is 0 Å². The van der Waals surface area contributed by atoms with Gasteiger partial charge in [0.2, 0.25) is 0 Å². The Labute approximate surface area is 97.1 Å². The maximum absolute atomic E-state index is 4.17. The molecule has 0 saturated heterocycles. The Kier molecular flexibility index (Phi) is 6.57. The van der Waals surface area contributed by atoms with Gasteiger partial charge in [-0.2, -0.15) is 0 Å². The number of nitrogens with zero attached hydrogens (tertiary/aromatic N) is 2. The molecule has 1 rings (SSSR count). The summed E-state index contributed by atoms with van der Waals surface area (Å²) in [5.41, 5.74) is 1.84. The van der Waals surface area contributed by atoms with E-state index in [9.17, 15) is 0 Å². The maximum atomic E-state index is 4.17. The molecular weight excluding hydrogens is 204 g/mol. The van der Waals surface area contributed by atoms with Gasteiger partial charge in [0, 0.05) is 5.92 Å². The summed E-state index contributed by atoms with van der Waals surface area (Å²) in [6.07, 6.45) is 9.31. The van der Waals surface area contributed by atoms with Gasteiger partial charge in [0.15, 0.2) is 0 Å². The topological polar surface area (TPSA) is 25.8 Å². The van der Waals surface area contributed by atoms with Crippen molar-refractivity contribution in [3.63, 3.8) is 0 Å². The lowest BCUT2D eigenvalue weighted by Crippen LogP contribution is -1.97. The summed E-state index contributed by atoms with van der Waals surface area (Å²) in [7, 11) is 0. The SMILES string of the molecule is CCCCCCCC(CC)c1nncs1. The van der Waals surface area contributed by atoms with Crippen molar-refractivity contribution in [3.8, 4) is 0 Å². The van der Waals surface area contributed by atoms with Crippen LogP contribution in [0.4, 0.5) is 0 Å². The van der Waals surface area contributed by atoms with Crippen LogP contribution in [-0.2, 0) is 0 Å². The molecule has 0 aliphatic rings. The molecule has 86 valence electrons. The Bertz CT molecular complexity index is 234. The van der Waals surface area contributed by atoms with E-state index in [4.69, 9.17) is 0 Å². The largest absolute Gasteiger partial charge is 0.147 e. The van der Waals surface area contributed by atoms with Gasteiger partial charge in [-0.1, -0.05) is 46.0 Å². The first-order valence-corrected chi connectivity index (χ1v) is 7.02. The van der Waals surface area contributed by atoms with E-state index in [0.29, 0.717) is 5.92 Å². The lowest BCUT2D eigenvalue weighted by Gasteiger charge is -2.10. The van der Waals surface area contributed by atoms with Gasteiger partial charge in [-0.25, -0.2) is 0 Å². The molecule has 1 aromatic rings. The van der Waals surface area contributed by atoms with Crippen molar-refractivity contribution >= 4 is 11.3 Å². The summed E-state index contributed by atoms with van der Waals surface area (Å²) < 4.78 is 0. The minimum absolute atomic E-state index is 0.652. The summed E-state index contributed by atoms with van der Waals surface area (Å²) >= 11 is 1.70. The summed E-state index contributed by atoms with van der Waals surface area (Å²) in [6, 6.07) is 0. The fourth-order valence-corrected chi connectivity index (χ4v) is 2.63. The molecule has 0 aliphatic carbocycles. The van der Waals surface area contributed by atoms with Gasteiger partial charge in [-0.15, -0.1) is 21.5 Å². The number of hydrogen-bond acceptors (Lipinski definition) is 3. The molecule has 0 bridgehead atoms. The van der Waals surface area contributed by atoms with Crippen molar-refractivity contribution in [2.45, 2.75) is 64.7 Å². The Hall–Kier alpha value is -0.440.